The molecule has 0 bridgehead atoms. The maximum atomic E-state index is 4.55. The first-order chi connectivity index (χ1) is 68.5. The van der Waals surface area contributed by atoms with Gasteiger partial charge in [-0.1, -0.05) is 268 Å². The molecule has 24 rings (SSSR count). The maximum Gasteiger partial charge on any atom is 0.0794 e. The molecule has 730 valence electrons. The summed E-state index contributed by atoms with van der Waals surface area (Å²) in [6.07, 6.45) is 14.6. The molecule has 0 aliphatic carbocycles. The number of benzene rings is 12. The average molecular weight is 2730 g/mol. The van der Waals surface area contributed by atoms with Gasteiger partial charge in [-0.05, 0) is 164 Å². The molecule has 4 radical (unpaired) electrons. The number of pyridine rings is 8. The van der Waals surface area contributed by atoms with Gasteiger partial charge in [0.15, 0.2) is 0 Å². The van der Waals surface area contributed by atoms with E-state index in [1.165, 1.54) is 96.6 Å². The Morgan fingerprint density at radius 1 is 0.214 bits per heavy atom. The zero-order valence-electron chi connectivity index (χ0n) is 82.7. The quantitative estimate of drug-likeness (QED) is 0.0880. The van der Waals surface area contributed by atoms with Crippen LogP contribution in [0.15, 0.2) is 407 Å². The number of aromatic nitrogens is 8. The Balaban J connectivity index is 0.000000140. The van der Waals surface area contributed by atoms with E-state index in [-0.39, 0.29) is 80.4 Å². The van der Waals surface area contributed by atoms with Crippen molar-refractivity contribution in [3.8, 4) is 90.1 Å². The van der Waals surface area contributed by atoms with E-state index >= 15 is 0 Å². The fourth-order valence-electron chi connectivity index (χ4n) is 16.5. The molecule has 0 spiro atoms. The van der Waals surface area contributed by atoms with Crippen LogP contribution in [0.5, 0.6) is 0 Å². The van der Waals surface area contributed by atoms with Gasteiger partial charge in [-0.3, -0.25) is 0 Å². The van der Waals surface area contributed by atoms with Gasteiger partial charge in [0.25, 0.3) is 0 Å². The van der Waals surface area contributed by atoms with Crippen LogP contribution in [0, 0.1) is 55.5 Å². The molecule has 0 amide bonds. The molecule has 0 saturated heterocycles. The largest absolute Gasteiger partial charge is 0.305 e. The first-order valence-electron chi connectivity index (χ1n) is 47.1. The molecule has 12 heterocycles. The van der Waals surface area contributed by atoms with Gasteiger partial charge in [0, 0.05) is 157 Å². The summed E-state index contributed by atoms with van der Waals surface area (Å²) in [5, 5.41) is 17.1. The van der Waals surface area contributed by atoms with Crippen molar-refractivity contribution >= 4 is 179 Å². The Bertz CT molecular complexity index is 7890. The molecule has 0 aliphatic heterocycles. The zero-order chi connectivity index (χ0) is 97.9. The van der Waals surface area contributed by atoms with Gasteiger partial charge in [-0.15, -0.1) is 238 Å². The minimum atomic E-state index is -1.45. The fraction of sp³-hybridized carbons (Fsp3) is 0.104. The second-order valence-electron chi connectivity index (χ2n) is 37.9. The predicted molar refractivity (Wildman–Crippen MR) is 616 cm³/mol. The van der Waals surface area contributed by atoms with Crippen molar-refractivity contribution in [2.24, 2.45) is 0 Å². The van der Waals surface area contributed by atoms with Crippen molar-refractivity contribution in [3.05, 3.63) is 462 Å². The molecule has 0 saturated carbocycles. The number of hydrogen-bond acceptors (Lipinski definition) is 12. The molecular weight excluding hydrogens is 2620 g/mol. The van der Waals surface area contributed by atoms with E-state index < -0.39 is 32.3 Å². The summed E-state index contributed by atoms with van der Waals surface area (Å²) < 4.78 is 10.7. The van der Waals surface area contributed by atoms with Crippen LogP contribution < -0.4 is 20.7 Å². The van der Waals surface area contributed by atoms with Crippen molar-refractivity contribution in [2.45, 2.75) is 85.5 Å². The van der Waals surface area contributed by atoms with E-state index in [0.717, 1.165) is 90.1 Å². The molecule has 0 atom stereocenters. The summed E-state index contributed by atoms with van der Waals surface area (Å²) >= 11 is 7.48. The van der Waals surface area contributed by atoms with Crippen LogP contribution in [0.2, 0.25) is 78.6 Å². The number of hydrogen-bond donors (Lipinski definition) is 0. The second kappa shape index (κ2) is 51.5. The molecular formula is C125H106Ir4N8S4Si4-8. The van der Waals surface area contributed by atoms with Gasteiger partial charge < -0.3 is 39.9 Å². The topological polar surface area (TPSA) is 103 Å². The van der Waals surface area contributed by atoms with Crippen LogP contribution in [0.3, 0.4) is 0 Å². The van der Waals surface area contributed by atoms with E-state index in [0.29, 0.717) is 0 Å². The van der Waals surface area contributed by atoms with E-state index in [2.05, 4.69) is 300 Å². The smallest absolute Gasteiger partial charge is 0.0794 e. The van der Waals surface area contributed by atoms with Crippen LogP contribution in [-0.2, 0) is 80.4 Å². The summed E-state index contributed by atoms with van der Waals surface area (Å²) in [4.78, 5) is 35.1. The number of nitrogens with zero attached hydrogens (tertiary/aromatic N) is 8. The molecule has 0 fully saturated rings. The summed E-state index contributed by atoms with van der Waals surface area (Å²) in [5.74, 6) is 0. The molecule has 0 N–H and O–H groups in total. The number of aryl methyl sites for hydroxylation is 1. The first kappa shape index (κ1) is 110. The predicted octanol–water partition coefficient (Wildman–Crippen LogP) is 32.3. The van der Waals surface area contributed by atoms with Crippen LogP contribution in [0.1, 0.15) is 5.56 Å². The summed E-state index contributed by atoms with van der Waals surface area (Å²) in [7, 11) is -5.52. The third kappa shape index (κ3) is 27.5. The van der Waals surface area contributed by atoms with E-state index in [1.54, 1.807) is 29.0 Å². The molecule has 12 aromatic carbocycles. The number of thiophene rings is 4. The Labute approximate surface area is 926 Å². The third-order valence-corrected chi connectivity index (χ3v) is 36.8. The van der Waals surface area contributed by atoms with Crippen LogP contribution in [0.25, 0.3) is 171 Å². The Kier molecular flexibility index (Phi) is 39.2. The van der Waals surface area contributed by atoms with Gasteiger partial charge in [0.05, 0.1) is 24.2 Å². The Morgan fingerprint density at radius 3 is 0.959 bits per heavy atom. The molecule has 8 nitrogen and oxygen atoms in total. The van der Waals surface area contributed by atoms with Gasteiger partial charge in [0.2, 0.25) is 0 Å². The zero-order valence-corrected chi connectivity index (χ0v) is 99.6. The normalized spacial score (nSPS) is 11.0. The number of rotatable bonds is 12. The van der Waals surface area contributed by atoms with Crippen molar-refractivity contribution in [1.82, 2.24) is 39.9 Å². The second-order valence-corrected chi connectivity index (χ2v) is 62.2. The van der Waals surface area contributed by atoms with E-state index in [9.17, 15) is 0 Å². The Morgan fingerprint density at radius 2 is 0.552 bits per heavy atom. The first-order valence-corrected chi connectivity index (χ1v) is 64.4. The monoisotopic (exact) mass is 2730 g/mol. The van der Waals surface area contributed by atoms with Gasteiger partial charge in [-0.25, -0.2) is 0 Å². The summed E-state index contributed by atoms with van der Waals surface area (Å²) in [6, 6.07) is 148. The van der Waals surface area contributed by atoms with Crippen molar-refractivity contribution in [2.75, 3.05) is 0 Å². The van der Waals surface area contributed by atoms with Gasteiger partial charge in [0.1, 0.15) is 0 Å². The minimum Gasteiger partial charge on any atom is -0.305 e. The van der Waals surface area contributed by atoms with Gasteiger partial charge in [-0.2, -0.15) is 45.3 Å². The summed E-state index contributed by atoms with van der Waals surface area (Å²) in [6.45, 7) is 30.9. The standard InChI is InChI=1S/4C20H18NSSi.C12H10N.3C11H8N.4Ir/c1-23(2,3)18-12-7-9-15-14-8-6-10-16(19(14)22-20(15)18)17-11-4-5-13-21-17;1-23(2,3)18-12-7-11-17-19(18)15-9-6-8-14(20(15)22-17)16-10-4-5-13-21-16;1-23(2,3)14-10-11-19-17(13-14)15-7-6-8-16(20(15)22-19)18-9-4-5-12-21-18;1-23(2,3)18-12-11-14(16-9-6-7-13-21-16)20-19(18)15-8-4-5-10-17(15)22-20;1-10-7-8-12(13-9-10)11-5-3-2-4-6-11;3*1-2-6-10(7-3-1)11-8-4-5-9-12-11;;;;/h4-9,11-13H,1-3H3;2*4-7,9-13H,1-3H3;4-10,12-13H,1-3H3;2-5,7-9H,1H3;3*1-6,8-9H;;;;/q8*-1;;;;. The van der Waals surface area contributed by atoms with Crippen molar-refractivity contribution in [1.29, 1.82) is 0 Å². The molecule has 12 aromatic heterocycles. The van der Waals surface area contributed by atoms with Crippen molar-refractivity contribution in [3.63, 3.8) is 0 Å². The van der Waals surface area contributed by atoms with Gasteiger partial charge >= 0.3 is 0 Å². The molecule has 0 aliphatic rings. The van der Waals surface area contributed by atoms with Crippen LogP contribution >= 0.6 is 45.3 Å². The Hall–Kier alpha value is -11.8. The summed E-state index contributed by atoms with van der Waals surface area (Å²) in [5.41, 5.74) is 17.7. The maximum absolute atomic E-state index is 4.55. The average Bonchev–Trinajstić information content (AvgIpc) is 1.60. The van der Waals surface area contributed by atoms with Crippen molar-refractivity contribution < 1.29 is 80.4 Å². The fourth-order valence-corrected chi connectivity index (χ4v) is 28.4. The van der Waals surface area contributed by atoms with E-state index in [1.807, 2.05) is 308 Å². The van der Waals surface area contributed by atoms with E-state index in [4.69, 9.17) is 0 Å². The van der Waals surface area contributed by atoms with Crippen LogP contribution in [-0.4, -0.2) is 72.2 Å². The minimum absolute atomic E-state index is 0. The molecule has 20 heteroatoms. The number of fused-ring (bicyclic) bond motifs is 12. The van der Waals surface area contributed by atoms with Crippen LogP contribution in [0.4, 0.5) is 0 Å². The molecule has 145 heavy (non-hydrogen) atoms. The molecule has 0 unspecified atom stereocenters. The third-order valence-electron chi connectivity index (χ3n) is 23.6. The SMILES string of the molecule is C[Si](C)(C)c1c[c-]c(-c2ccccn2)c2sc3ccccc3c12.C[Si](C)(C)c1ccc2sc3c(-c4ccccn4)[c-]ccc3c2c1.C[Si](C)(C)c1cccc2c1sc1c(-c3ccccn3)[c-]ccc12.C[Si](C)(C)c1cccc2sc3c(-c4ccccn4)[c-]ccc3c12.Cc1ccc(-c2[c-]cccc2)nc1.[Ir].[Ir].[Ir].[Ir].[c-]1ccccc1-c1ccccn1.[c-]1ccccc1-c1ccccn1.[c-]1ccccc1-c1ccccn1. The molecule has 24 aromatic rings.